The molecule has 32 heavy (non-hydrogen) atoms. The SMILES string of the molecule is C=O.CC.CCC1CC(n2cc(-c3cncc(N)c3Cl)c3cc(C#N)c(C)cc32)C1.CN. The maximum Gasteiger partial charge on any atom is 0.106 e. The first-order chi connectivity index (χ1) is 15.5. The number of rotatable bonds is 3. The zero-order valence-electron chi connectivity index (χ0n) is 19.7. The molecule has 1 aromatic carbocycles. The van der Waals surface area contributed by atoms with Gasteiger partial charge in [0.15, 0.2) is 0 Å². The number of aryl methyl sites for hydroxylation is 1. The van der Waals surface area contributed by atoms with Crippen molar-refractivity contribution >= 4 is 35.0 Å². The highest BCUT2D eigenvalue weighted by atomic mass is 35.5. The van der Waals surface area contributed by atoms with Gasteiger partial charge in [-0.3, -0.25) is 4.98 Å². The zero-order valence-corrected chi connectivity index (χ0v) is 20.4. The molecule has 7 heteroatoms. The summed E-state index contributed by atoms with van der Waals surface area (Å²) in [5.74, 6) is 0.804. The number of nitriles is 1. The fourth-order valence-corrected chi connectivity index (χ4v) is 4.15. The Balaban J connectivity index is 0.000000789. The molecule has 0 radical (unpaired) electrons. The van der Waals surface area contributed by atoms with E-state index in [9.17, 15) is 5.26 Å². The van der Waals surface area contributed by atoms with Crippen LogP contribution in [-0.2, 0) is 4.79 Å². The minimum atomic E-state index is 0.465. The third kappa shape index (κ3) is 5.29. The molecule has 0 atom stereocenters. The second-order valence-electron chi connectivity index (χ2n) is 7.24. The van der Waals surface area contributed by atoms with Gasteiger partial charge in [-0.15, -0.1) is 0 Å². The maximum absolute atomic E-state index is 9.46. The predicted octanol–water partition coefficient (Wildman–Crippen LogP) is 5.90. The average Bonchev–Trinajstić information content (AvgIpc) is 3.16. The van der Waals surface area contributed by atoms with E-state index in [1.165, 1.54) is 26.3 Å². The van der Waals surface area contributed by atoms with E-state index in [1.807, 2.05) is 33.6 Å². The summed E-state index contributed by atoms with van der Waals surface area (Å²) in [7, 11) is 1.50. The molecule has 4 rings (SSSR count). The normalized spacial score (nSPS) is 16.2. The number of hydrogen-bond acceptors (Lipinski definition) is 5. The van der Waals surface area contributed by atoms with E-state index in [4.69, 9.17) is 22.1 Å². The topological polar surface area (TPSA) is 111 Å². The molecule has 2 aromatic heterocycles. The van der Waals surface area contributed by atoms with Gasteiger partial charge >= 0.3 is 0 Å². The molecule has 1 aliphatic rings. The summed E-state index contributed by atoms with van der Waals surface area (Å²) in [5.41, 5.74) is 15.6. The zero-order chi connectivity index (χ0) is 24.4. The van der Waals surface area contributed by atoms with Gasteiger partial charge in [0.1, 0.15) is 6.79 Å². The Bertz CT molecular complexity index is 1060. The third-order valence-corrected chi connectivity index (χ3v) is 6.10. The van der Waals surface area contributed by atoms with Crippen LogP contribution in [0.5, 0.6) is 0 Å². The van der Waals surface area contributed by atoms with Gasteiger partial charge in [-0.05, 0) is 50.4 Å². The van der Waals surface area contributed by atoms with E-state index < -0.39 is 0 Å². The van der Waals surface area contributed by atoms with E-state index in [0.717, 1.165) is 33.5 Å². The van der Waals surface area contributed by atoms with E-state index in [0.29, 0.717) is 22.3 Å². The minimum absolute atomic E-state index is 0.465. The summed E-state index contributed by atoms with van der Waals surface area (Å²) in [6, 6.07) is 6.87. The van der Waals surface area contributed by atoms with Gasteiger partial charge in [0.25, 0.3) is 0 Å². The van der Waals surface area contributed by atoms with Crippen molar-refractivity contribution in [2.45, 2.75) is 53.0 Å². The number of hydrogen-bond donors (Lipinski definition) is 2. The van der Waals surface area contributed by atoms with Crippen LogP contribution >= 0.6 is 11.6 Å². The second-order valence-corrected chi connectivity index (χ2v) is 7.61. The molecule has 0 unspecified atom stereocenters. The van der Waals surface area contributed by atoms with Crippen molar-refractivity contribution in [2.75, 3.05) is 12.8 Å². The van der Waals surface area contributed by atoms with Gasteiger partial charge in [0, 0.05) is 40.5 Å². The Labute approximate surface area is 196 Å². The summed E-state index contributed by atoms with van der Waals surface area (Å²) in [6.07, 6.45) is 9.09. The van der Waals surface area contributed by atoms with Gasteiger partial charge in [0.2, 0.25) is 0 Å². The molecular weight excluding hydrogens is 422 g/mol. The fourth-order valence-electron chi connectivity index (χ4n) is 3.95. The van der Waals surface area contributed by atoms with Crippen molar-refractivity contribution in [1.29, 1.82) is 5.26 Å². The minimum Gasteiger partial charge on any atom is -0.396 e. The van der Waals surface area contributed by atoms with Crippen LogP contribution in [0.2, 0.25) is 5.02 Å². The summed E-state index contributed by atoms with van der Waals surface area (Å²) in [5, 5.41) is 11.0. The van der Waals surface area contributed by atoms with Crippen LogP contribution in [0.15, 0.2) is 30.7 Å². The van der Waals surface area contributed by atoms with Crippen molar-refractivity contribution in [2.24, 2.45) is 11.7 Å². The van der Waals surface area contributed by atoms with E-state index in [2.05, 4.69) is 40.5 Å². The number of nitrogen functional groups attached to an aromatic ring is 1. The molecule has 2 heterocycles. The van der Waals surface area contributed by atoms with Crippen LogP contribution in [0.3, 0.4) is 0 Å². The number of nitrogens with two attached hydrogens (primary N) is 2. The number of halogens is 1. The molecule has 1 saturated carbocycles. The van der Waals surface area contributed by atoms with Crippen molar-refractivity contribution in [3.05, 3.63) is 46.9 Å². The number of anilines is 1. The molecular formula is C25H34ClN5O. The predicted molar refractivity (Wildman–Crippen MR) is 135 cm³/mol. The number of benzene rings is 1. The smallest absolute Gasteiger partial charge is 0.106 e. The van der Waals surface area contributed by atoms with Gasteiger partial charge in [-0.1, -0.05) is 38.8 Å². The monoisotopic (exact) mass is 455 g/mol. The maximum atomic E-state index is 9.46. The lowest BCUT2D eigenvalue weighted by atomic mass is 9.78. The summed E-state index contributed by atoms with van der Waals surface area (Å²) in [6.45, 7) is 10.2. The summed E-state index contributed by atoms with van der Waals surface area (Å²) in [4.78, 5) is 12.2. The Hall–Kier alpha value is -2.88. The Morgan fingerprint density at radius 2 is 1.84 bits per heavy atom. The molecule has 1 aliphatic carbocycles. The van der Waals surface area contributed by atoms with E-state index >= 15 is 0 Å². The molecule has 1 fully saturated rings. The highest BCUT2D eigenvalue weighted by Gasteiger charge is 2.30. The molecule has 0 aliphatic heterocycles. The lowest BCUT2D eigenvalue weighted by Crippen LogP contribution is -2.25. The lowest BCUT2D eigenvalue weighted by molar-refractivity contribution is -0.0979. The van der Waals surface area contributed by atoms with Gasteiger partial charge in [0.05, 0.1) is 28.5 Å². The number of fused-ring (bicyclic) bond motifs is 1. The average molecular weight is 456 g/mol. The van der Waals surface area contributed by atoms with E-state index in [-0.39, 0.29) is 0 Å². The fraction of sp³-hybridized carbons (Fsp3) is 0.400. The lowest BCUT2D eigenvalue weighted by Gasteiger charge is -2.36. The molecule has 0 amide bonds. The van der Waals surface area contributed by atoms with Crippen LogP contribution in [0, 0.1) is 24.2 Å². The quantitative estimate of drug-likeness (QED) is 0.510. The number of carbonyl (C=O) groups is 1. The van der Waals surface area contributed by atoms with Gasteiger partial charge in [-0.25, -0.2) is 0 Å². The van der Waals surface area contributed by atoms with Gasteiger partial charge in [-0.2, -0.15) is 5.26 Å². The van der Waals surface area contributed by atoms with Crippen LogP contribution in [0.25, 0.3) is 22.0 Å². The first-order valence-electron chi connectivity index (χ1n) is 10.8. The van der Waals surface area contributed by atoms with Crippen molar-refractivity contribution in [3.63, 3.8) is 0 Å². The Kier molecular flexibility index (Phi) is 10.9. The van der Waals surface area contributed by atoms with Crippen LogP contribution < -0.4 is 11.5 Å². The van der Waals surface area contributed by atoms with Crippen LogP contribution in [0.1, 0.15) is 57.2 Å². The number of carbonyl (C=O) groups excluding carboxylic acids is 1. The Morgan fingerprint density at radius 3 is 2.41 bits per heavy atom. The number of pyridine rings is 1. The highest BCUT2D eigenvalue weighted by molar-refractivity contribution is 6.36. The third-order valence-electron chi connectivity index (χ3n) is 5.68. The molecule has 0 spiro atoms. The van der Waals surface area contributed by atoms with Gasteiger partial charge < -0.3 is 20.8 Å². The van der Waals surface area contributed by atoms with Crippen molar-refractivity contribution < 1.29 is 4.79 Å². The van der Waals surface area contributed by atoms with Crippen LogP contribution in [-0.4, -0.2) is 23.4 Å². The number of aromatic nitrogens is 2. The summed E-state index contributed by atoms with van der Waals surface area (Å²) < 4.78 is 2.35. The van der Waals surface area contributed by atoms with E-state index in [1.54, 1.807) is 12.4 Å². The standard InChI is InChI=1S/C21H21ClN4.C2H6.CH5N.CH2O/c1-3-13-5-15(6-13)26-11-18(17-9-25-10-19(24)21(17)22)16-7-14(8-23)12(2)4-20(16)26;3*1-2/h4,7,9-11,13,15H,3,5-6,24H2,1-2H3;1-2H3;2H2,1H3;1H2. The van der Waals surface area contributed by atoms with Crippen LogP contribution in [0.4, 0.5) is 5.69 Å². The Morgan fingerprint density at radius 1 is 1.22 bits per heavy atom. The number of nitrogens with zero attached hydrogens (tertiary/aromatic N) is 3. The molecule has 172 valence electrons. The molecule has 3 aromatic rings. The first-order valence-corrected chi connectivity index (χ1v) is 11.2. The van der Waals surface area contributed by atoms with Crippen molar-refractivity contribution in [3.8, 4) is 17.2 Å². The second kappa shape index (κ2) is 12.8. The largest absolute Gasteiger partial charge is 0.396 e. The molecule has 4 N–H and O–H groups in total. The molecule has 0 bridgehead atoms. The van der Waals surface area contributed by atoms with Crippen molar-refractivity contribution in [1.82, 2.24) is 9.55 Å². The molecule has 0 saturated heterocycles. The molecule has 6 nitrogen and oxygen atoms in total. The summed E-state index contributed by atoms with van der Waals surface area (Å²) >= 11 is 6.48. The highest BCUT2D eigenvalue weighted by Crippen LogP contribution is 2.45. The first kappa shape index (κ1) is 27.2.